The van der Waals surface area contributed by atoms with E-state index in [9.17, 15) is 4.39 Å². The monoisotopic (exact) mass is 339 g/mol. The molecule has 0 bridgehead atoms. The fourth-order valence-corrected chi connectivity index (χ4v) is 2.17. The number of nitrogens with one attached hydrogen (secondary N) is 1. The van der Waals surface area contributed by atoms with Crippen LogP contribution in [0.1, 0.15) is 5.56 Å². The van der Waals surface area contributed by atoms with E-state index in [4.69, 9.17) is 9.47 Å². The molecular formula is C15H15BrFNO2. The maximum atomic E-state index is 13.8. The highest BCUT2D eigenvalue weighted by Gasteiger charge is 2.07. The van der Waals surface area contributed by atoms with E-state index < -0.39 is 0 Å². The van der Waals surface area contributed by atoms with E-state index in [1.807, 2.05) is 18.2 Å². The van der Waals surface area contributed by atoms with Gasteiger partial charge in [0, 0.05) is 22.6 Å². The summed E-state index contributed by atoms with van der Waals surface area (Å²) in [5, 5.41) is 3.16. The van der Waals surface area contributed by atoms with Crippen LogP contribution >= 0.6 is 15.9 Å². The summed E-state index contributed by atoms with van der Waals surface area (Å²) in [7, 11) is 3.11. The molecule has 106 valence electrons. The zero-order chi connectivity index (χ0) is 14.5. The minimum absolute atomic E-state index is 0.300. The molecule has 0 heterocycles. The zero-order valence-corrected chi connectivity index (χ0v) is 12.8. The lowest BCUT2D eigenvalue weighted by Crippen LogP contribution is -2.03. The van der Waals surface area contributed by atoms with Gasteiger partial charge in [0.2, 0.25) is 0 Å². The van der Waals surface area contributed by atoms with Crippen molar-refractivity contribution in [1.82, 2.24) is 0 Å². The maximum Gasteiger partial charge on any atom is 0.142 e. The number of halogens is 2. The number of hydrogen-bond donors (Lipinski definition) is 1. The predicted octanol–water partition coefficient (Wildman–Crippen LogP) is 4.22. The molecule has 0 aromatic heterocycles. The van der Waals surface area contributed by atoms with Crippen LogP contribution in [-0.2, 0) is 6.54 Å². The van der Waals surface area contributed by atoms with E-state index in [1.54, 1.807) is 19.2 Å². The lowest BCUT2D eigenvalue weighted by Gasteiger charge is -2.12. The van der Waals surface area contributed by atoms with Gasteiger partial charge < -0.3 is 14.8 Å². The summed E-state index contributed by atoms with van der Waals surface area (Å²) in [4.78, 5) is 0. The predicted molar refractivity (Wildman–Crippen MR) is 81.0 cm³/mol. The highest BCUT2D eigenvalue weighted by Crippen LogP contribution is 2.28. The Kier molecular flexibility index (Phi) is 4.84. The van der Waals surface area contributed by atoms with Crippen molar-refractivity contribution in [2.24, 2.45) is 0 Å². The first-order valence-electron chi connectivity index (χ1n) is 6.04. The van der Waals surface area contributed by atoms with E-state index in [0.717, 1.165) is 10.2 Å². The van der Waals surface area contributed by atoms with Crippen LogP contribution in [-0.4, -0.2) is 14.2 Å². The fraction of sp³-hybridized carbons (Fsp3) is 0.200. The van der Waals surface area contributed by atoms with Crippen LogP contribution < -0.4 is 14.8 Å². The Hall–Kier alpha value is -1.75. The Morgan fingerprint density at radius 1 is 1.10 bits per heavy atom. The Balaban J connectivity index is 2.14. The molecular weight excluding hydrogens is 325 g/mol. The molecule has 2 aromatic carbocycles. The second-order valence-electron chi connectivity index (χ2n) is 4.16. The van der Waals surface area contributed by atoms with E-state index in [1.165, 1.54) is 13.2 Å². The SMILES string of the molecule is COc1ccc(CNc2cc(Br)ccc2OC)c(F)c1. The molecule has 2 rings (SSSR count). The summed E-state index contributed by atoms with van der Waals surface area (Å²) < 4.78 is 25.0. The van der Waals surface area contributed by atoms with Gasteiger partial charge in [-0.3, -0.25) is 0 Å². The molecule has 0 fully saturated rings. The molecule has 5 heteroatoms. The van der Waals surface area contributed by atoms with Gasteiger partial charge in [0.25, 0.3) is 0 Å². The topological polar surface area (TPSA) is 30.5 Å². The standard InChI is InChI=1S/C15H15BrFNO2/c1-19-12-5-3-10(13(17)8-12)9-18-14-7-11(16)4-6-15(14)20-2/h3-8,18H,9H2,1-2H3. The van der Waals surface area contributed by atoms with Crippen molar-refractivity contribution in [2.45, 2.75) is 6.54 Å². The van der Waals surface area contributed by atoms with Crippen LogP contribution in [0.4, 0.5) is 10.1 Å². The largest absolute Gasteiger partial charge is 0.497 e. The summed E-state index contributed by atoms with van der Waals surface area (Å²) in [6.45, 7) is 0.364. The molecule has 3 nitrogen and oxygen atoms in total. The highest BCUT2D eigenvalue weighted by atomic mass is 79.9. The molecule has 0 saturated heterocycles. The highest BCUT2D eigenvalue weighted by molar-refractivity contribution is 9.10. The molecule has 20 heavy (non-hydrogen) atoms. The van der Waals surface area contributed by atoms with Crippen LogP contribution in [0.3, 0.4) is 0 Å². The molecule has 0 radical (unpaired) electrons. The third-order valence-electron chi connectivity index (χ3n) is 2.89. The smallest absolute Gasteiger partial charge is 0.142 e. The molecule has 0 amide bonds. The van der Waals surface area contributed by atoms with Gasteiger partial charge in [-0.15, -0.1) is 0 Å². The molecule has 2 aromatic rings. The van der Waals surface area contributed by atoms with Crippen molar-refractivity contribution in [1.29, 1.82) is 0 Å². The van der Waals surface area contributed by atoms with Crippen LogP contribution in [0.25, 0.3) is 0 Å². The van der Waals surface area contributed by atoms with Gasteiger partial charge in [-0.2, -0.15) is 0 Å². The number of hydrogen-bond acceptors (Lipinski definition) is 3. The molecule has 1 N–H and O–H groups in total. The van der Waals surface area contributed by atoms with E-state index in [-0.39, 0.29) is 5.82 Å². The molecule has 0 unspecified atom stereocenters. The Morgan fingerprint density at radius 2 is 1.90 bits per heavy atom. The lowest BCUT2D eigenvalue weighted by molar-refractivity contribution is 0.410. The molecule has 0 atom stereocenters. The number of methoxy groups -OCH3 is 2. The van der Waals surface area contributed by atoms with E-state index in [0.29, 0.717) is 23.6 Å². The van der Waals surface area contributed by atoms with Crippen molar-refractivity contribution in [3.63, 3.8) is 0 Å². The van der Waals surface area contributed by atoms with Crippen LogP contribution in [0.5, 0.6) is 11.5 Å². The quantitative estimate of drug-likeness (QED) is 0.884. The number of benzene rings is 2. The van der Waals surface area contributed by atoms with Crippen LogP contribution in [0.2, 0.25) is 0 Å². The Morgan fingerprint density at radius 3 is 2.55 bits per heavy atom. The molecule has 0 aliphatic rings. The lowest BCUT2D eigenvalue weighted by atomic mass is 10.2. The summed E-state index contributed by atoms with van der Waals surface area (Å²) in [6, 6.07) is 10.4. The average Bonchev–Trinajstić information content (AvgIpc) is 2.46. The van der Waals surface area contributed by atoms with Gasteiger partial charge in [0.05, 0.1) is 19.9 Å². The Labute approximate surface area is 125 Å². The molecule has 0 spiro atoms. The Bertz CT molecular complexity index is 604. The number of anilines is 1. The third-order valence-corrected chi connectivity index (χ3v) is 3.38. The first-order valence-corrected chi connectivity index (χ1v) is 6.83. The van der Waals surface area contributed by atoms with E-state index >= 15 is 0 Å². The summed E-state index contributed by atoms with van der Waals surface area (Å²) in [6.07, 6.45) is 0. The minimum atomic E-state index is -0.300. The number of ether oxygens (including phenoxy) is 2. The number of rotatable bonds is 5. The van der Waals surface area contributed by atoms with Crippen molar-refractivity contribution >= 4 is 21.6 Å². The summed E-state index contributed by atoms with van der Waals surface area (Å²) in [5.74, 6) is 0.916. The van der Waals surface area contributed by atoms with Gasteiger partial charge >= 0.3 is 0 Å². The van der Waals surface area contributed by atoms with Crippen molar-refractivity contribution < 1.29 is 13.9 Å². The van der Waals surface area contributed by atoms with Crippen LogP contribution in [0.15, 0.2) is 40.9 Å². The maximum absolute atomic E-state index is 13.8. The van der Waals surface area contributed by atoms with E-state index in [2.05, 4.69) is 21.2 Å². The second-order valence-corrected chi connectivity index (χ2v) is 5.07. The molecule has 0 saturated carbocycles. The van der Waals surface area contributed by atoms with Crippen molar-refractivity contribution in [2.75, 3.05) is 19.5 Å². The third kappa shape index (κ3) is 3.42. The fourth-order valence-electron chi connectivity index (χ4n) is 1.81. The van der Waals surface area contributed by atoms with Crippen LogP contribution in [0, 0.1) is 5.82 Å². The first-order chi connectivity index (χ1) is 9.63. The minimum Gasteiger partial charge on any atom is -0.497 e. The van der Waals surface area contributed by atoms with Gasteiger partial charge in [-0.05, 0) is 24.3 Å². The van der Waals surface area contributed by atoms with Crippen molar-refractivity contribution in [3.05, 3.63) is 52.3 Å². The van der Waals surface area contributed by atoms with Crippen molar-refractivity contribution in [3.8, 4) is 11.5 Å². The van der Waals surface area contributed by atoms with Gasteiger partial charge in [0.1, 0.15) is 17.3 Å². The van der Waals surface area contributed by atoms with Gasteiger partial charge in [-0.1, -0.05) is 22.0 Å². The summed E-state index contributed by atoms with van der Waals surface area (Å²) in [5.41, 5.74) is 1.37. The van der Waals surface area contributed by atoms with Gasteiger partial charge in [0.15, 0.2) is 0 Å². The first kappa shape index (κ1) is 14.7. The average molecular weight is 340 g/mol. The molecule has 0 aliphatic heterocycles. The normalized spacial score (nSPS) is 10.2. The molecule has 0 aliphatic carbocycles. The second kappa shape index (κ2) is 6.61. The van der Waals surface area contributed by atoms with Gasteiger partial charge in [-0.25, -0.2) is 4.39 Å². The zero-order valence-electron chi connectivity index (χ0n) is 11.2. The summed E-state index contributed by atoms with van der Waals surface area (Å²) >= 11 is 3.40.